The topological polar surface area (TPSA) is 83.5 Å². The number of carboxylic acids is 1. The van der Waals surface area contributed by atoms with Crippen LogP contribution in [-0.4, -0.2) is 37.0 Å². The standard InChI is InChI=1S/C13H19NO4S3/c1-8-12(7-11(20-8)13(15)16)21(17,18)14-9-4-3-5-10(6-9)19-2/h7,9-10,14H,3-6H2,1-2H3,(H,15,16). The molecular weight excluding hydrogens is 330 g/mol. The van der Waals surface area contributed by atoms with Crippen LogP contribution in [0.1, 0.15) is 40.2 Å². The van der Waals surface area contributed by atoms with Crippen molar-refractivity contribution in [1.82, 2.24) is 4.72 Å². The Bertz CT molecular complexity index is 623. The summed E-state index contributed by atoms with van der Waals surface area (Å²) in [5.74, 6) is -1.09. The SMILES string of the molecule is CSC1CCCC(NS(=O)(=O)c2cc(C(=O)O)sc2C)C1. The Kier molecular flexibility index (Phi) is 5.34. The van der Waals surface area contributed by atoms with Crippen LogP contribution in [0.25, 0.3) is 0 Å². The van der Waals surface area contributed by atoms with Crippen molar-refractivity contribution in [3.05, 3.63) is 15.8 Å². The van der Waals surface area contributed by atoms with E-state index in [-0.39, 0.29) is 15.8 Å². The fourth-order valence-corrected chi connectivity index (χ4v) is 6.13. The predicted octanol–water partition coefficient (Wildman–Crippen LogP) is 2.71. The molecule has 2 atom stereocenters. The van der Waals surface area contributed by atoms with E-state index in [1.165, 1.54) is 6.07 Å². The van der Waals surface area contributed by atoms with Crippen LogP contribution in [0.5, 0.6) is 0 Å². The Morgan fingerprint density at radius 3 is 2.76 bits per heavy atom. The second-order valence-electron chi connectivity index (χ2n) is 5.18. The van der Waals surface area contributed by atoms with Gasteiger partial charge in [-0.25, -0.2) is 17.9 Å². The Morgan fingerprint density at radius 2 is 2.19 bits per heavy atom. The van der Waals surface area contributed by atoms with Crippen LogP contribution in [0.15, 0.2) is 11.0 Å². The molecule has 0 aliphatic heterocycles. The molecule has 0 saturated heterocycles. The number of hydrogen-bond acceptors (Lipinski definition) is 5. The zero-order valence-corrected chi connectivity index (χ0v) is 14.4. The summed E-state index contributed by atoms with van der Waals surface area (Å²) in [4.78, 5) is 11.6. The van der Waals surface area contributed by atoms with Crippen LogP contribution in [0, 0.1) is 6.92 Å². The highest BCUT2D eigenvalue weighted by molar-refractivity contribution is 7.99. The third kappa shape index (κ3) is 4.00. The minimum atomic E-state index is -3.65. The monoisotopic (exact) mass is 349 g/mol. The van der Waals surface area contributed by atoms with Crippen LogP contribution < -0.4 is 4.72 Å². The van der Waals surface area contributed by atoms with Gasteiger partial charge in [-0.15, -0.1) is 11.3 Å². The van der Waals surface area contributed by atoms with Crippen molar-refractivity contribution >= 4 is 39.1 Å². The largest absolute Gasteiger partial charge is 0.477 e. The smallest absolute Gasteiger partial charge is 0.345 e. The summed E-state index contributed by atoms with van der Waals surface area (Å²) in [6.45, 7) is 1.64. The van der Waals surface area contributed by atoms with Crippen LogP contribution in [-0.2, 0) is 10.0 Å². The van der Waals surface area contributed by atoms with Gasteiger partial charge in [-0.05, 0) is 38.5 Å². The number of aromatic carboxylic acids is 1. The van der Waals surface area contributed by atoms with Crippen molar-refractivity contribution in [3.63, 3.8) is 0 Å². The van der Waals surface area contributed by atoms with Gasteiger partial charge in [0.05, 0.1) is 4.90 Å². The van der Waals surface area contributed by atoms with E-state index in [4.69, 9.17) is 5.11 Å². The Balaban J connectivity index is 2.16. The first kappa shape index (κ1) is 16.8. The lowest BCUT2D eigenvalue weighted by molar-refractivity contribution is 0.0702. The fraction of sp³-hybridized carbons (Fsp3) is 0.615. The molecule has 2 unspecified atom stereocenters. The quantitative estimate of drug-likeness (QED) is 0.854. The van der Waals surface area contributed by atoms with Crippen LogP contribution in [0.2, 0.25) is 0 Å². The van der Waals surface area contributed by atoms with Crippen molar-refractivity contribution in [3.8, 4) is 0 Å². The maximum absolute atomic E-state index is 12.4. The number of rotatable bonds is 5. The van der Waals surface area contributed by atoms with Gasteiger partial charge in [0.25, 0.3) is 0 Å². The molecule has 2 N–H and O–H groups in total. The molecule has 8 heteroatoms. The maximum atomic E-state index is 12.4. The fourth-order valence-electron chi connectivity index (χ4n) is 2.59. The molecule has 2 rings (SSSR count). The van der Waals surface area contributed by atoms with Crippen molar-refractivity contribution in [2.75, 3.05) is 6.26 Å². The molecule has 1 aliphatic carbocycles. The summed E-state index contributed by atoms with van der Waals surface area (Å²) in [6, 6.07) is 1.19. The molecule has 0 radical (unpaired) electrons. The lowest BCUT2D eigenvalue weighted by atomic mass is 9.96. The van der Waals surface area contributed by atoms with Crippen molar-refractivity contribution in [2.24, 2.45) is 0 Å². The molecule has 1 heterocycles. The van der Waals surface area contributed by atoms with E-state index in [2.05, 4.69) is 4.72 Å². The summed E-state index contributed by atoms with van der Waals surface area (Å²) < 4.78 is 27.6. The van der Waals surface area contributed by atoms with Gasteiger partial charge in [0.2, 0.25) is 10.0 Å². The number of thiophene rings is 1. The number of carbonyl (C=O) groups is 1. The average Bonchev–Trinajstić information content (AvgIpc) is 2.81. The van der Waals surface area contributed by atoms with Crippen LogP contribution in [0.4, 0.5) is 0 Å². The first-order valence-corrected chi connectivity index (χ1v) is 10.3. The summed E-state index contributed by atoms with van der Waals surface area (Å²) in [7, 11) is -3.65. The van der Waals surface area contributed by atoms with E-state index in [0.29, 0.717) is 10.1 Å². The van der Waals surface area contributed by atoms with E-state index in [9.17, 15) is 13.2 Å². The number of hydrogen-bond donors (Lipinski definition) is 2. The van der Waals surface area contributed by atoms with Crippen molar-refractivity contribution in [2.45, 2.75) is 48.8 Å². The molecule has 0 aromatic carbocycles. The third-order valence-corrected chi connectivity index (χ3v) is 7.56. The van der Waals surface area contributed by atoms with Crippen LogP contribution in [0.3, 0.4) is 0 Å². The molecule has 1 aromatic rings. The Hall–Kier alpha value is -0.570. The zero-order valence-electron chi connectivity index (χ0n) is 12.0. The molecule has 1 aromatic heterocycles. The van der Waals surface area contributed by atoms with E-state index in [1.54, 1.807) is 18.7 Å². The van der Waals surface area contributed by atoms with E-state index in [0.717, 1.165) is 37.0 Å². The van der Waals surface area contributed by atoms with Gasteiger partial charge in [0.15, 0.2) is 0 Å². The van der Waals surface area contributed by atoms with Crippen LogP contribution >= 0.6 is 23.1 Å². The summed E-state index contributed by atoms with van der Waals surface area (Å²) in [5.41, 5.74) is 0. The van der Waals surface area contributed by atoms with Gasteiger partial charge >= 0.3 is 5.97 Å². The van der Waals surface area contributed by atoms with E-state index < -0.39 is 16.0 Å². The van der Waals surface area contributed by atoms with Gasteiger partial charge in [-0.3, -0.25) is 0 Å². The first-order chi connectivity index (χ1) is 9.83. The Labute approximate surface area is 133 Å². The third-order valence-electron chi connectivity index (χ3n) is 3.65. The van der Waals surface area contributed by atoms with E-state index >= 15 is 0 Å². The van der Waals surface area contributed by atoms with Gasteiger partial charge < -0.3 is 5.11 Å². The normalized spacial score (nSPS) is 23.1. The number of thioether (sulfide) groups is 1. The molecule has 0 amide bonds. The zero-order chi connectivity index (χ0) is 15.6. The highest BCUT2D eigenvalue weighted by Gasteiger charge is 2.28. The molecule has 118 valence electrons. The molecular formula is C13H19NO4S3. The first-order valence-electron chi connectivity index (χ1n) is 6.72. The summed E-state index contributed by atoms with van der Waals surface area (Å²) in [5, 5.41) is 9.46. The minimum absolute atomic E-state index is 0.0542. The lowest BCUT2D eigenvalue weighted by Crippen LogP contribution is -2.39. The second kappa shape index (κ2) is 6.68. The molecule has 1 fully saturated rings. The molecule has 5 nitrogen and oxygen atoms in total. The Morgan fingerprint density at radius 1 is 1.48 bits per heavy atom. The van der Waals surface area contributed by atoms with Gasteiger partial charge in [-0.2, -0.15) is 11.8 Å². The maximum Gasteiger partial charge on any atom is 0.345 e. The van der Waals surface area contributed by atoms with Crippen molar-refractivity contribution < 1.29 is 18.3 Å². The second-order valence-corrected chi connectivity index (χ2v) is 9.26. The molecule has 0 bridgehead atoms. The highest BCUT2D eigenvalue weighted by atomic mass is 32.2. The number of sulfonamides is 1. The molecule has 1 aliphatic rings. The number of nitrogens with one attached hydrogen (secondary N) is 1. The lowest BCUT2D eigenvalue weighted by Gasteiger charge is -2.28. The summed E-state index contributed by atoms with van der Waals surface area (Å²) >= 11 is 2.77. The van der Waals surface area contributed by atoms with Crippen molar-refractivity contribution in [1.29, 1.82) is 0 Å². The van der Waals surface area contributed by atoms with Gasteiger partial charge in [-0.1, -0.05) is 6.42 Å². The molecule has 1 saturated carbocycles. The highest BCUT2D eigenvalue weighted by Crippen LogP contribution is 2.30. The molecule has 21 heavy (non-hydrogen) atoms. The van der Waals surface area contributed by atoms with Gasteiger partial charge in [0.1, 0.15) is 4.88 Å². The summed E-state index contributed by atoms with van der Waals surface area (Å²) in [6.07, 6.45) is 5.85. The number of aryl methyl sites for hydroxylation is 1. The molecule has 0 spiro atoms. The minimum Gasteiger partial charge on any atom is -0.477 e. The number of carboxylic acid groups (broad SMARTS) is 1. The van der Waals surface area contributed by atoms with Gasteiger partial charge in [0, 0.05) is 16.2 Å². The predicted molar refractivity (Wildman–Crippen MR) is 85.9 cm³/mol. The average molecular weight is 349 g/mol. The van der Waals surface area contributed by atoms with E-state index in [1.807, 2.05) is 6.26 Å².